The van der Waals surface area contributed by atoms with Crippen LogP contribution in [0, 0.1) is 17.8 Å². The van der Waals surface area contributed by atoms with Crippen LogP contribution in [0.15, 0.2) is 36.4 Å². The molecule has 2 aliphatic heterocycles. The maximum atomic E-state index is 13.3. The quantitative estimate of drug-likeness (QED) is 0.406. The maximum absolute atomic E-state index is 13.3. The van der Waals surface area contributed by atoms with Crippen LogP contribution in [0.3, 0.4) is 0 Å². The molecular weight excluding hydrogens is 544 g/mol. The predicted octanol–water partition coefficient (Wildman–Crippen LogP) is 5.38. The minimum Gasteiger partial charge on any atom is -0.490 e. The fourth-order valence-corrected chi connectivity index (χ4v) is 8.90. The van der Waals surface area contributed by atoms with E-state index < -0.39 is 9.71 Å². The Hall–Kier alpha value is -2.22. The Morgan fingerprint density at radius 1 is 1.18 bits per heavy atom. The summed E-state index contributed by atoms with van der Waals surface area (Å²) in [6, 6.07) is 11.8. The van der Waals surface area contributed by atoms with Gasteiger partial charge in [0.05, 0.1) is 18.4 Å². The highest BCUT2D eigenvalue weighted by molar-refractivity contribution is 7.99. The maximum Gasteiger partial charge on any atom is 0.262 e. The van der Waals surface area contributed by atoms with Gasteiger partial charge < -0.3 is 14.7 Å². The van der Waals surface area contributed by atoms with Crippen LogP contribution in [0.1, 0.15) is 73.4 Å². The largest absolute Gasteiger partial charge is 0.490 e. The van der Waals surface area contributed by atoms with Crippen molar-refractivity contribution in [2.45, 2.75) is 69.8 Å². The summed E-state index contributed by atoms with van der Waals surface area (Å²) >= 11 is 6.39. The van der Waals surface area contributed by atoms with Crippen molar-refractivity contribution in [3.8, 4) is 5.75 Å². The Morgan fingerprint density at radius 2 is 2.02 bits per heavy atom. The van der Waals surface area contributed by atoms with Gasteiger partial charge in [0.2, 0.25) is 0 Å². The van der Waals surface area contributed by atoms with E-state index in [1.165, 1.54) is 11.1 Å². The molecule has 1 saturated carbocycles. The number of aryl methyl sites for hydroxylation is 1. The van der Waals surface area contributed by atoms with Crippen molar-refractivity contribution in [1.29, 1.82) is 0 Å². The molecule has 6 rings (SSSR count). The van der Waals surface area contributed by atoms with Gasteiger partial charge in [0.25, 0.3) is 5.91 Å². The zero-order chi connectivity index (χ0) is 28.1. The fraction of sp³-hybridized carbons (Fsp3) is 0.562. The summed E-state index contributed by atoms with van der Waals surface area (Å²) in [6.45, 7) is 4.27. The first kappa shape index (κ1) is 27.9. The molecule has 2 aromatic rings. The smallest absolute Gasteiger partial charge is 0.262 e. The highest BCUT2D eigenvalue weighted by Crippen LogP contribution is 2.47. The second kappa shape index (κ2) is 10.9. The minimum absolute atomic E-state index is 0.200. The summed E-state index contributed by atoms with van der Waals surface area (Å²) < 4.78 is 22.4. The lowest BCUT2D eigenvalue weighted by molar-refractivity contribution is 0.00140. The molecule has 2 heterocycles. The van der Waals surface area contributed by atoms with E-state index in [-0.39, 0.29) is 23.3 Å². The third kappa shape index (κ3) is 5.49. The lowest BCUT2D eigenvalue weighted by atomic mass is 9.67. The van der Waals surface area contributed by atoms with Crippen LogP contribution in [-0.4, -0.2) is 52.6 Å². The molecule has 1 amide bonds. The lowest BCUT2D eigenvalue weighted by Gasteiger charge is -2.46. The number of ether oxygens (including phenoxy) is 1. The zero-order valence-corrected chi connectivity index (χ0v) is 24.9. The molecule has 2 N–H and O–H groups in total. The van der Waals surface area contributed by atoms with Gasteiger partial charge in [-0.25, -0.2) is 4.21 Å². The van der Waals surface area contributed by atoms with Gasteiger partial charge in [0.1, 0.15) is 5.75 Å². The van der Waals surface area contributed by atoms with Gasteiger partial charge >= 0.3 is 0 Å². The molecule has 40 heavy (non-hydrogen) atoms. The highest BCUT2D eigenvalue weighted by Gasteiger charge is 2.44. The Labute approximate surface area is 243 Å². The van der Waals surface area contributed by atoms with Crippen molar-refractivity contribution in [3.05, 3.63) is 58.1 Å². The summed E-state index contributed by atoms with van der Waals surface area (Å²) in [5.41, 5.74) is 3.74. The standard InChI is InChI=1S/C32H41ClN2O4S/c1-21-5-4-14-40(2,38)34-31(37)23-8-12-30-28(17-23)35(18-24-7-10-26(24)29(36)15-21)19-32(20-39-30)13-3-6-22-16-25(33)9-11-27(22)32/h8-9,11-12,16-17,21,24,26,29,36H,2-7,10,13-15,18-20H2,1H3,(H,34,37,38)/t21-,24+,26-,29-,32+,40?/m1/s1. The van der Waals surface area contributed by atoms with Crippen molar-refractivity contribution in [2.75, 3.05) is 30.3 Å². The molecule has 1 fully saturated rings. The summed E-state index contributed by atoms with van der Waals surface area (Å²) in [7, 11) is -2.77. The number of hydrogen-bond donors (Lipinski definition) is 2. The third-order valence-electron chi connectivity index (χ3n) is 9.82. The van der Waals surface area contributed by atoms with Gasteiger partial charge in [0, 0.05) is 44.6 Å². The lowest BCUT2D eigenvalue weighted by Crippen LogP contribution is -2.49. The van der Waals surface area contributed by atoms with E-state index in [1.54, 1.807) is 6.07 Å². The number of anilines is 1. The van der Waals surface area contributed by atoms with Gasteiger partial charge in [-0.05, 0) is 116 Å². The molecule has 1 unspecified atom stereocenters. The average Bonchev–Trinajstić information content (AvgIpc) is 3.02. The van der Waals surface area contributed by atoms with Crippen molar-refractivity contribution in [3.63, 3.8) is 0 Å². The SMILES string of the molecule is C=S1(=O)CCC[C@@H](C)C[C@@H](O)[C@@H]2CC[C@H]2CN2C[C@@]3(CCCc4cc(Cl)ccc43)COc3ccc(cc32)C(=O)N1. The number of halogens is 1. The molecule has 2 aromatic carbocycles. The van der Waals surface area contributed by atoms with Gasteiger partial charge in [-0.15, -0.1) is 0 Å². The first-order valence-corrected chi connectivity index (χ1v) is 17.1. The van der Waals surface area contributed by atoms with E-state index in [1.807, 2.05) is 18.2 Å². The third-order valence-corrected chi connectivity index (χ3v) is 11.6. The van der Waals surface area contributed by atoms with E-state index in [9.17, 15) is 14.1 Å². The molecule has 8 heteroatoms. The number of nitrogens with zero attached hydrogens (tertiary/aromatic N) is 1. The summed E-state index contributed by atoms with van der Waals surface area (Å²) in [5, 5.41) is 12.0. The molecule has 0 radical (unpaired) electrons. The molecule has 0 saturated heterocycles. The molecule has 2 bridgehead atoms. The number of carbonyl (C=O) groups is 1. The van der Waals surface area contributed by atoms with Crippen molar-refractivity contribution in [1.82, 2.24) is 4.72 Å². The van der Waals surface area contributed by atoms with E-state index in [4.69, 9.17) is 16.3 Å². The number of rotatable bonds is 0. The Bertz CT molecular complexity index is 1400. The number of carbonyl (C=O) groups excluding carboxylic acids is 1. The molecular formula is C32H41ClN2O4S. The minimum atomic E-state index is -2.77. The number of benzene rings is 2. The second-order valence-electron chi connectivity index (χ2n) is 12.8. The predicted molar refractivity (Wildman–Crippen MR) is 163 cm³/mol. The molecule has 216 valence electrons. The Balaban J connectivity index is 1.40. The van der Waals surface area contributed by atoms with Crippen LogP contribution >= 0.6 is 11.6 Å². The number of aliphatic hydroxyl groups excluding tert-OH is 1. The number of amides is 1. The van der Waals surface area contributed by atoms with Crippen LogP contribution in [0.5, 0.6) is 5.75 Å². The van der Waals surface area contributed by atoms with Crippen LogP contribution < -0.4 is 14.4 Å². The number of fused-ring (bicyclic) bond motifs is 4. The number of nitrogens with one attached hydrogen (secondary N) is 1. The van der Waals surface area contributed by atoms with E-state index >= 15 is 0 Å². The monoisotopic (exact) mass is 584 g/mol. The molecule has 4 aliphatic rings. The van der Waals surface area contributed by atoms with E-state index in [0.29, 0.717) is 36.2 Å². The topological polar surface area (TPSA) is 78.9 Å². The van der Waals surface area contributed by atoms with Gasteiger partial charge in [-0.1, -0.05) is 24.6 Å². The van der Waals surface area contributed by atoms with E-state index in [0.717, 1.165) is 74.5 Å². The Kier molecular flexibility index (Phi) is 7.60. The van der Waals surface area contributed by atoms with E-state index in [2.05, 4.69) is 34.5 Å². The van der Waals surface area contributed by atoms with Crippen LogP contribution in [0.4, 0.5) is 5.69 Å². The molecule has 6 atom stereocenters. The normalized spacial score (nSPS) is 34.5. The second-order valence-corrected chi connectivity index (χ2v) is 15.5. The molecule has 6 nitrogen and oxygen atoms in total. The first-order chi connectivity index (χ1) is 19.1. The van der Waals surface area contributed by atoms with Crippen molar-refractivity contribution >= 4 is 38.8 Å². The van der Waals surface area contributed by atoms with Gasteiger partial charge in [-0.3, -0.25) is 9.52 Å². The van der Waals surface area contributed by atoms with Crippen LogP contribution in [0.25, 0.3) is 0 Å². The van der Waals surface area contributed by atoms with Crippen LogP contribution in [0.2, 0.25) is 5.02 Å². The molecule has 2 aliphatic carbocycles. The summed E-state index contributed by atoms with van der Waals surface area (Å²) in [6.07, 6.45) is 7.17. The zero-order valence-electron chi connectivity index (χ0n) is 23.4. The van der Waals surface area contributed by atoms with Crippen molar-refractivity contribution < 1.29 is 18.8 Å². The molecule has 1 spiro atoms. The first-order valence-electron chi connectivity index (χ1n) is 14.8. The number of aliphatic hydroxyl groups is 1. The van der Waals surface area contributed by atoms with Gasteiger partial charge in [0.15, 0.2) is 0 Å². The van der Waals surface area contributed by atoms with Crippen LogP contribution in [-0.2, 0) is 21.5 Å². The summed E-state index contributed by atoms with van der Waals surface area (Å²) in [5.74, 6) is 5.54. The summed E-state index contributed by atoms with van der Waals surface area (Å²) in [4.78, 5) is 15.7. The van der Waals surface area contributed by atoms with Crippen molar-refractivity contribution in [2.24, 2.45) is 17.8 Å². The number of hydrogen-bond acceptors (Lipinski definition) is 5. The molecule has 0 aromatic heterocycles. The highest BCUT2D eigenvalue weighted by atomic mass is 35.5. The van der Waals surface area contributed by atoms with Gasteiger partial charge in [-0.2, -0.15) is 0 Å². The fourth-order valence-electron chi connectivity index (χ4n) is 7.52. The average molecular weight is 585 g/mol. The Morgan fingerprint density at radius 3 is 2.83 bits per heavy atom.